The first-order valence-electron chi connectivity index (χ1n) is 8.63. The molecule has 3 N–H and O–H groups in total. The number of benzene rings is 3. The Kier molecular flexibility index (Phi) is 6.43. The Morgan fingerprint density at radius 2 is 1.77 bits per heavy atom. The molecule has 1 amide bonds. The molecule has 0 fully saturated rings. The molecule has 0 heterocycles. The van der Waals surface area contributed by atoms with Crippen LogP contribution in [0.4, 0.5) is 24.5 Å². The minimum Gasteiger partial charge on any atom is -0.507 e. The Morgan fingerprint density at radius 3 is 2.47 bits per heavy atom. The van der Waals surface area contributed by atoms with E-state index in [-0.39, 0.29) is 27.9 Å². The number of amides is 1. The number of rotatable bonds is 5. The van der Waals surface area contributed by atoms with Crippen molar-refractivity contribution < 1.29 is 23.1 Å². The van der Waals surface area contributed by atoms with Gasteiger partial charge in [-0.3, -0.25) is 4.79 Å². The molecule has 3 aromatic carbocycles. The van der Waals surface area contributed by atoms with Crippen molar-refractivity contribution in [1.82, 2.24) is 0 Å². The molecule has 30 heavy (non-hydrogen) atoms. The van der Waals surface area contributed by atoms with Crippen LogP contribution < -0.4 is 10.6 Å². The standard InChI is InChI=1S/C21H15Cl2F3N2O2/c22-14-4-7-19(29)16(9-14)20(30)28-18-6-5-15(10-17(18)23)27-11-12-2-1-3-13(8-12)21(24,25)26/h1-10,27,29H,11H2,(H,28,30). The number of carbonyl (C=O) groups excluding carboxylic acids is 1. The zero-order valence-corrected chi connectivity index (χ0v) is 16.7. The van der Waals surface area contributed by atoms with Gasteiger partial charge in [0.25, 0.3) is 5.91 Å². The van der Waals surface area contributed by atoms with E-state index in [9.17, 15) is 23.1 Å². The van der Waals surface area contributed by atoms with Gasteiger partial charge in [-0.05, 0) is 54.1 Å². The van der Waals surface area contributed by atoms with Crippen molar-refractivity contribution in [2.45, 2.75) is 12.7 Å². The van der Waals surface area contributed by atoms with Crippen molar-refractivity contribution in [2.75, 3.05) is 10.6 Å². The lowest BCUT2D eigenvalue weighted by Gasteiger charge is -2.12. The van der Waals surface area contributed by atoms with Gasteiger partial charge in [-0.15, -0.1) is 0 Å². The number of nitrogens with one attached hydrogen (secondary N) is 2. The Hall–Kier alpha value is -2.90. The minimum atomic E-state index is -4.41. The third-order valence-corrected chi connectivity index (χ3v) is 4.72. The first kappa shape index (κ1) is 21.8. The zero-order chi connectivity index (χ0) is 21.9. The molecular formula is C21H15Cl2F3N2O2. The third-order valence-electron chi connectivity index (χ3n) is 4.17. The molecule has 4 nitrogen and oxygen atoms in total. The van der Waals surface area contributed by atoms with Crippen LogP contribution >= 0.6 is 23.2 Å². The van der Waals surface area contributed by atoms with Crippen molar-refractivity contribution in [1.29, 1.82) is 0 Å². The molecule has 0 unspecified atom stereocenters. The summed E-state index contributed by atoms with van der Waals surface area (Å²) < 4.78 is 38.4. The average molecular weight is 455 g/mol. The topological polar surface area (TPSA) is 61.4 Å². The fourth-order valence-corrected chi connectivity index (χ4v) is 3.07. The van der Waals surface area contributed by atoms with Gasteiger partial charge in [0.1, 0.15) is 5.75 Å². The van der Waals surface area contributed by atoms with Crippen molar-refractivity contribution in [3.8, 4) is 5.75 Å². The van der Waals surface area contributed by atoms with E-state index in [0.717, 1.165) is 12.1 Å². The molecule has 3 aromatic rings. The molecule has 0 radical (unpaired) electrons. The van der Waals surface area contributed by atoms with Crippen LogP contribution in [-0.2, 0) is 12.7 Å². The number of hydrogen-bond donors (Lipinski definition) is 3. The molecule has 0 saturated heterocycles. The maximum atomic E-state index is 12.8. The maximum absolute atomic E-state index is 12.8. The molecule has 3 rings (SSSR count). The van der Waals surface area contributed by atoms with Crippen LogP contribution in [0.3, 0.4) is 0 Å². The van der Waals surface area contributed by atoms with Crippen LogP contribution in [0, 0.1) is 0 Å². The predicted octanol–water partition coefficient (Wildman–Crippen LogP) is 6.58. The number of alkyl halides is 3. The van der Waals surface area contributed by atoms with Crippen LogP contribution in [0.5, 0.6) is 5.75 Å². The molecule has 0 aliphatic heterocycles. The normalized spacial score (nSPS) is 11.2. The monoisotopic (exact) mass is 454 g/mol. The van der Waals surface area contributed by atoms with Gasteiger partial charge in [0.15, 0.2) is 0 Å². The smallest absolute Gasteiger partial charge is 0.416 e. The lowest BCUT2D eigenvalue weighted by atomic mass is 10.1. The molecule has 9 heteroatoms. The predicted molar refractivity (Wildman–Crippen MR) is 111 cm³/mol. The van der Waals surface area contributed by atoms with Crippen LogP contribution in [0.2, 0.25) is 10.0 Å². The van der Waals surface area contributed by atoms with Crippen LogP contribution in [0.25, 0.3) is 0 Å². The number of aromatic hydroxyl groups is 1. The van der Waals surface area contributed by atoms with E-state index < -0.39 is 17.6 Å². The van der Waals surface area contributed by atoms with E-state index in [4.69, 9.17) is 23.2 Å². The minimum absolute atomic E-state index is 0.00897. The first-order valence-corrected chi connectivity index (χ1v) is 9.38. The van der Waals surface area contributed by atoms with Gasteiger partial charge in [-0.2, -0.15) is 13.2 Å². The van der Waals surface area contributed by atoms with Crippen molar-refractivity contribution in [2.24, 2.45) is 0 Å². The van der Waals surface area contributed by atoms with E-state index in [1.54, 1.807) is 12.1 Å². The van der Waals surface area contributed by atoms with Crippen molar-refractivity contribution in [3.63, 3.8) is 0 Å². The summed E-state index contributed by atoms with van der Waals surface area (Å²) in [5.41, 5.74) is 0.578. The number of halogens is 5. The molecule has 0 aromatic heterocycles. The zero-order valence-electron chi connectivity index (χ0n) is 15.2. The highest BCUT2D eigenvalue weighted by Crippen LogP contribution is 2.31. The lowest BCUT2D eigenvalue weighted by Crippen LogP contribution is -2.12. The molecule has 0 aliphatic rings. The summed E-state index contributed by atoms with van der Waals surface area (Å²) in [5.74, 6) is -0.825. The van der Waals surface area contributed by atoms with E-state index in [2.05, 4.69) is 10.6 Å². The summed E-state index contributed by atoms with van der Waals surface area (Å²) in [5, 5.41) is 15.9. The molecule has 0 spiro atoms. The van der Waals surface area contributed by atoms with E-state index in [1.807, 2.05) is 0 Å². The summed E-state index contributed by atoms with van der Waals surface area (Å²) in [6.45, 7) is 0.155. The van der Waals surface area contributed by atoms with Gasteiger partial charge < -0.3 is 15.7 Å². The van der Waals surface area contributed by atoms with Crippen molar-refractivity contribution in [3.05, 3.63) is 87.4 Å². The van der Waals surface area contributed by atoms with Gasteiger partial charge >= 0.3 is 6.18 Å². The molecular weight excluding hydrogens is 440 g/mol. The molecule has 0 bridgehead atoms. The Morgan fingerprint density at radius 1 is 1.00 bits per heavy atom. The number of carbonyl (C=O) groups is 1. The fourth-order valence-electron chi connectivity index (χ4n) is 2.67. The number of anilines is 2. The van der Waals surface area contributed by atoms with E-state index >= 15 is 0 Å². The molecule has 156 valence electrons. The van der Waals surface area contributed by atoms with Gasteiger partial charge in [-0.25, -0.2) is 0 Å². The number of phenols is 1. The maximum Gasteiger partial charge on any atom is 0.416 e. The largest absolute Gasteiger partial charge is 0.507 e. The van der Waals surface area contributed by atoms with Gasteiger partial charge in [-0.1, -0.05) is 35.3 Å². The SMILES string of the molecule is O=C(Nc1ccc(NCc2cccc(C(F)(F)F)c2)cc1Cl)c1cc(Cl)ccc1O. The lowest BCUT2D eigenvalue weighted by molar-refractivity contribution is -0.137. The highest BCUT2D eigenvalue weighted by atomic mass is 35.5. The van der Waals surface area contributed by atoms with Crippen molar-refractivity contribution >= 4 is 40.5 Å². The number of phenolic OH excluding ortho intramolecular Hbond substituents is 1. The van der Waals surface area contributed by atoms with E-state index in [0.29, 0.717) is 16.9 Å². The summed E-state index contributed by atoms with van der Waals surface area (Å²) in [6.07, 6.45) is -4.41. The summed E-state index contributed by atoms with van der Waals surface area (Å²) in [6, 6.07) is 13.8. The van der Waals surface area contributed by atoms with Gasteiger partial charge in [0, 0.05) is 17.3 Å². The Labute approximate surface area is 180 Å². The summed E-state index contributed by atoms with van der Waals surface area (Å²) >= 11 is 12.1. The first-order chi connectivity index (χ1) is 14.1. The number of hydrogen-bond acceptors (Lipinski definition) is 3. The summed E-state index contributed by atoms with van der Waals surface area (Å²) in [7, 11) is 0. The highest BCUT2D eigenvalue weighted by molar-refractivity contribution is 6.34. The molecule has 0 saturated carbocycles. The van der Waals surface area contributed by atoms with Crippen LogP contribution in [-0.4, -0.2) is 11.0 Å². The summed E-state index contributed by atoms with van der Waals surface area (Å²) in [4.78, 5) is 12.4. The Bertz CT molecular complexity index is 1090. The second kappa shape index (κ2) is 8.85. The highest BCUT2D eigenvalue weighted by Gasteiger charge is 2.30. The van der Waals surface area contributed by atoms with Crippen LogP contribution in [0.1, 0.15) is 21.5 Å². The van der Waals surface area contributed by atoms with Crippen LogP contribution in [0.15, 0.2) is 60.7 Å². The average Bonchev–Trinajstić information content (AvgIpc) is 2.69. The second-order valence-corrected chi connectivity index (χ2v) is 7.21. The Balaban J connectivity index is 1.68. The fraction of sp³-hybridized carbons (Fsp3) is 0.0952. The van der Waals surface area contributed by atoms with Gasteiger partial charge in [0.2, 0.25) is 0 Å². The molecule has 0 aliphatic carbocycles. The quantitative estimate of drug-likeness (QED) is 0.407. The van der Waals surface area contributed by atoms with E-state index in [1.165, 1.54) is 36.4 Å². The van der Waals surface area contributed by atoms with Gasteiger partial charge in [0.05, 0.1) is 21.8 Å². The third kappa shape index (κ3) is 5.37. The molecule has 0 atom stereocenters. The second-order valence-electron chi connectivity index (χ2n) is 6.36.